The molecular formula is C24H30FN3O4S. The minimum atomic E-state index is -3.45. The molecular weight excluding hydrogens is 445 g/mol. The third kappa shape index (κ3) is 4.99. The highest BCUT2D eigenvalue weighted by Crippen LogP contribution is 2.28. The van der Waals surface area contributed by atoms with Gasteiger partial charge in [0.2, 0.25) is 0 Å². The smallest absolute Gasteiger partial charge is 0.256 e. The van der Waals surface area contributed by atoms with Gasteiger partial charge in [-0.15, -0.1) is 0 Å². The van der Waals surface area contributed by atoms with Crippen LogP contribution >= 0.6 is 0 Å². The average molecular weight is 476 g/mol. The zero-order valence-corrected chi connectivity index (χ0v) is 19.9. The molecule has 33 heavy (non-hydrogen) atoms. The van der Waals surface area contributed by atoms with E-state index in [0.717, 1.165) is 11.3 Å². The molecule has 2 aliphatic rings. The highest BCUT2D eigenvalue weighted by molar-refractivity contribution is 7.91. The second kappa shape index (κ2) is 9.69. The Morgan fingerprint density at radius 1 is 0.939 bits per heavy atom. The minimum Gasteiger partial charge on any atom is -0.378 e. The van der Waals surface area contributed by atoms with Crippen molar-refractivity contribution in [2.24, 2.45) is 0 Å². The number of morpholine rings is 1. The Labute approximate surface area is 194 Å². The lowest BCUT2D eigenvalue weighted by atomic mass is 10.1. The standard InChI is InChI=1S/C24H30FN3O4S/c1-3-33(30,31)19-5-7-22(27-12-14-32-15-13-27)20(17-19)24(29)28-10-8-26(9-11-28)23-6-4-18(2)16-21(23)25/h4-7,16-17H,3,8-15H2,1-2H3. The summed E-state index contributed by atoms with van der Waals surface area (Å²) in [6.45, 7) is 7.71. The number of carbonyl (C=O) groups excluding carboxylic acids is 1. The fraction of sp³-hybridized carbons (Fsp3) is 0.458. The first kappa shape index (κ1) is 23.5. The first-order chi connectivity index (χ1) is 15.8. The van der Waals surface area contributed by atoms with Crippen molar-refractivity contribution in [3.8, 4) is 0 Å². The van der Waals surface area contributed by atoms with Gasteiger partial charge >= 0.3 is 0 Å². The molecule has 0 unspecified atom stereocenters. The Hall–Kier alpha value is -2.65. The molecule has 7 nitrogen and oxygen atoms in total. The third-order valence-corrected chi connectivity index (χ3v) is 8.03. The number of nitrogens with zero attached hydrogens (tertiary/aromatic N) is 3. The second-order valence-corrected chi connectivity index (χ2v) is 10.7. The molecule has 0 aliphatic carbocycles. The molecule has 0 bridgehead atoms. The SMILES string of the molecule is CCS(=O)(=O)c1ccc(N2CCOCC2)c(C(=O)N2CCN(c3ccc(C)cc3F)CC2)c1. The lowest BCUT2D eigenvalue weighted by molar-refractivity contribution is 0.0745. The maximum atomic E-state index is 14.4. The van der Waals surface area contributed by atoms with E-state index in [9.17, 15) is 17.6 Å². The lowest BCUT2D eigenvalue weighted by Crippen LogP contribution is -2.49. The van der Waals surface area contributed by atoms with Crippen LogP contribution in [0, 0.1) is 12.7 Å². The van der Waals surface area contributed by atoms with Crippen LogP contribution < -0.4 is 9.80 Å². The van der Waals surface area contributed by atoms with Gasteiger partial charge in [-0.05, 0) is 42.8 Å². The summed E-state index contributed by atoms with van der Waals surface area (Å²) in [4.78, 5) is 19.5. The van der Waals surface area contributed by atoms with Crippen LogP contribution in [0.5, 0.6) is 0 Å². The zero-order chi connectivity index (χ0) is 23.6. The van der Waals surface area contributed by atoms with Gasteiger partial charge in [0.1, 0.15) is 5.82 Å². The van der Waals surface area contributed by atoms with Crippen LogP contribution in [0.25, 0.3) is 0 Å². The highest BCUT2D eigenvalue weighted by Gasteiger charge is 2.28. The predicted molar refractivity (Wildman–Crippen MR) is 126 cm³/mol. The van der Waals surface area contributed by atoms with E-state index < -0.39 is 9.84 Å². The van der Waals surface area contributed by atoms with Crippen molar-refractivity contribution in [2.75, 3.05) is 68.0 Å². The number of benzene rings is 2. The van der Waals surface area contributed by atoms with Gasteiger partial charge in [0.15, 0.2) is 9.84 Å². The molecule has 0 N–H and O–H groups in total. The van der Waals surface area contributed by atoms with Crippen LogP contribution in [0.3, 0.4) is 0 Å². The molecule has 0 saturated carbocycles. The molecule has 0 atom stereocenters. The molecule has 1 amide bonds. The van der Waals surface area contributed by atoms with Gasteiger partial charge in [-0.2, -0.15) is 0 Å². The normalized spacial score (nSPS) is 17.4. The summed E-state index contributed by atoms with van der Waals surface area (Å²) in [5.41, 5.74) is 2.52. The number of carbonyl (C=O) groups is 1. The number of amides is 1. The van der Waals surface area contributed by atoms with Crippen LogP contribution in [0.1, 0.15) is 22.8 Å². The topological polar surface area (TPSA) is 70.2 Å². The van der Waals surface area contributed by atoms with Crippen molar-refractivity contribution in [3.05, 3.63) is 53.3 Å². The number of piperazine rings is 1. The van der Waals surface area contributed by atoms with Gasteiger partial charge in [-0.3, -0.25) is 4.79 Å². The fourth-order valence-electron chi connectivity index (χ4n) is 4.32. The Morgan fingerprint density at radius 3 is 2.21 bits per heavy atom. The van der Waals surface area contributed by atoms with Crippen molar-refractivity contribution in [2.45, 2.75) is 18.7 Å². The molecule has 2 heterocycles. The molecule has 178 valence electrons. The highest BCUT2D eigenvalue weighted by atomic mass is 32.2. The summed E-state index contributed by atoms with van der Waals surface area (Å²) in [5, 5.41) is 0. The molecule has 2 fully saturated rings. The Morgan fingerprint density at radius 2 is 1.58 bits per heavy atom. The second-order valence-electron chi connectivity index (χ2n) is 8.42. The van der Waals surface area contributed by atoms with Gasteiger partial charge in [-0.25, -0.2) is 12.8 Å². The fourth-order valence-corrected chi connectivity index (χ4v) is 5.22. The van der Waals surface area contributed by atoms with E-state index in [0.29, 0.717) is 63.7 Å². The van der Waals surface area contributed by atoms with Crippen molar-refractivity contribution in [1.29, 1.82) is 0 Å². The molecule has 0 radical (unpaired) electrons. The maximum Gasteiger partial charge on any atom is 0.256 e. The van der Waals surface area contributed by atoms with E-state index in [1.165, 1.54) is 12.1 Å². The average Bonchev–Trinajstić information content (AvgIpc) is 2.84. The Bertz CT molecular complexity index is 1120. The van der Waals surface area contributed by atoms with E-state index in [2.05, 4.69) is 4.90 Å². The molecule has 4 rings (SSSR count). The molecule has 2 aromatic rings. The largest absolute Gasteiger partial charge is 0.378 e. The molecule has 0 spiro atoms. The molecule has 0 aromatic heterocycles. The zero-order valence-electron chi connectivity index (χ0n) is 19.1. The van der Waals surface area contributed by atoms with Crippen molar-refractivity contribution in [3.63, 3.8) is 0 Å². The quantitative estimate of drug-likeness (QED) is 0.662. The Kier molecular flexibility index (Phi) is 6.90. The third-order valence-electron chi connectivity index (χ3n) is 6.30. The first-order valence-electron chi connectivity index (χ1n) is 11.3. The molecule has 2 aliphatic heterocycles. The Balaban J connectivity index is 1.58. The van der Waals surface area contributed by atoms with Gasteiger partial charge < -0.3 is 19.4 Å². The van der Waals surface area contributed by atoms with Crippen LogP contribution in [0.4, 0.5) is 15.8 Å². The molecule has 2 saturated heterocycles. The van der Waals surface area contributed by atoms with E-state index in [1.54, 1.807) is 30.0 Å². The van der Waals surface area contributed by atoms with Gasteiger partial charge in [0.05, 0.1) is 35.1 Å². The van der Waals surface area contributed by atoms with E-state index in [-0.39, 0.29) is 22.4 Å². The maximum absolute atomic E-state index is 14.4. The number of aryl methyl sites for hydroxylation is 1. The monoisotopic (exact) mass is 475 g/mol. The van der Waals surface area contributed by atoms with Crippen LogP contribution in [0.15, 0.2) is 41.3 Å². The van der Waals surface area contributed by atoms with E-state index in [4.69, 9.17) is 4.74 Å². The van der Waals surface area contributed by atoms with E-state index in [1.807, 2.05) is 17.9 Å². The molecule has 2 aromatic carbocycles. The number of sulfone groups is 1. The summed E-state index contributed by atoms with van der Waals surface area (Å²) in [7, 11) is -3.45. The van der Waals surface area contributed by atoms with Gasteiger partial charge in [0, 0.05) is 45.0 Å². The van der Waals surface area contributed by atoms with Crippen molar-refractivity contribution >= 4 is 27.1 Å². The number of ether oxygens (including phenoxy) is 1. The molecule has 9 heteroatoms. The number of hydrogen-bond acceptors (Lipinski definition) is 6. The summed E-state index contributed by atoms with van der Waals surface area (Å²) in [5.74, 6) is -0.492. The number of anilines is 2. The van der Waals surface area contributed by atoms with Gasteiger partial charge in [-0.1, -0.05) is 13.0 Å². The number of halogens is 1. The summed E-state index contributed by atoms with van der Waals surface area (Å²) in [6.07, 6.45) is 0. The van der Waals surface area contributed by atoms with Crippen LogP contribution in [-0.4, -0.2) is 77.5 Å². The van der Waals surface area contributed by atoms with Crippen molar-refractivity contribution in [1.82, 2.24) is 4.90 Å². The van der Waals surface area contributed by atoms with Crippen LogP contribution in [0.2, 0.25) is 0 Å². The van der Waals surface area contributed by atoms with Gasteiger partial charge in [0.25, 0.3) is 5.91 Å². The summed E-state index contributed by atoms with van der Waals surface area (Å²) >= 11 is 0. The number of hydrogen-bond donors (Lipinski definition) is 0. The lowest BCUT2D eigenvalue weighted by Gasteiger charge is -2.37. The van der Waals surface area contributed by atoms with Crippen LogP contribution in [-0.2, 0) is 14.6 Å². The van der Waals surface area contributed by atoms with E-state index >= 15 is 0 Å². The summed E-state index contributed by atoms with van der Waals surface area (Å²) < 4.78 is 44.8. The minimum absolute atomic E-state index is 0.0294. The van der Waals surface area contributed by atoms with Crippen molar-refractivity contribution < 1.29 is 22.3 Å². The summed E-state index contributed by atoms with van der Waals surface area (Å²) in [6, 6.07) is 10.00. The number of rotatable bonds is 5. The first-order valence-corrected chi connectivity index (χ1v) is 13.0. The predicted octanol–water partition coefficient (Wildman–Crippen LogP) is 2.73.